The first-order chi connectivity index (χ1) is 18.6. The van der Waals surface area contributed by atoms with Crippen molar-refractivity contribution in [3.05, 3.63) is 117 Å². The fourth-order valence-corrected chi connectivity index (χ4v) is 5.29. The number of carbonyl (C=O) groups is 1. The number of rotatable bonds is 3. The Morgan fingerprint density at radius 1 is 0.821 bits per heavy atom. The Morgan fingerprint density at radius 2 is 1.36 bits per heavy atom. The van der Waals surface area contributed by atoms with Crippen molar-refractivity contribution >= 4 is 21.7 Å². The van der Waals surface area contributed by atoms with Gasteiger partial charge in [-0.1, -0.05) is 23.6 Å². The lowest BCUT2D eigenvalue weighted by atomic mass is 9.99. The van der Waals surface area contributed by atoms with Crippen molar-refractivity contribution in [1.82, 2.24) is 4.72 Å². The number of anilines is 1. The van der Waals surface area contributed by atoms with Gasteiger partial charge in [0.1, 0.15) is 0 Å². The minimum Gasteiger partial charge on any atom is -0.307 e. The highest BCUT2D eigenvalue weighted by molar-refractivity contribution is 7.90. The summed E-state index contributed by atoms with van der Waals surface area (Å²) in [5.41, 5.74) is 23.4. The third-order valence-corrected chi connectivity index (χ3v) is 7.23. The summed E-state index contributed by atoms with van der Waals surface area (Å²) >= 11 is 0. The Labute approximate surface area is 224 Å². The molecule has 0 fully saturated rings. The zero-order valence-corrected chi connectivity index (χ0v) is 21.6. The summed E-state index contributed by atoms with van der Waals surface area (Å²) in [6, 6.07) is 4.49. The third-order valence-electron chi connectivity index (χ3n) is 5.90. The molecule has 0 aromatic heterocycles. The van der Waals surface area contributed by atoms with E-state index < -0.39 is 32.7 Å². The number of nitrogens with one attached hydrogen (secondary N) is 2. The van der Waals surface area contributed by atoms with E-state index in [0.717, 1.165) is 67.9 Å². The summed E-state index contributed by atoms with van der Waals surface area (Å²) in [4.78, 5) is 11.8. The Morgan fingerprint density at radius 3 is 1.87 bits per heavy atom. The number of urea groups is 1. The Kier molecular flexibility index (Phi) is 9.51. The van der Waals surface area contributed by atoms with Crippen molar-refractivity contribution in [2.24, 2.45) is 0 Å². The number of halogens is 3. The molecule has 2 aromatic carbocycles. The van der Waals surface area contributed by atoms with Crippen LogP contribution in [0.4, 0.5) is 23.7 Å². The number of hydrogen-bond acceptors (Lipinski definition) is 3. The number of amides is 2. The van der Waals surface area contributed by atoms with E-state index in [4.69, 9.17) is 0 Å². The summed E-state index contributed by atoms with van der Waals surface area (Å²) in [6.07, 6.45) is 0.702. The van der Waals surface area contributed by atoms with Crippen LogP contribution in [0.3, 0.4) is 0 Å². The van der Waals surface area contributed by atoms with Crippen LogP contribution in [0.15, 0.2) is 94.2 Å². The van der Waals surface area contributed by atoms with Crippen molar-refractivity contribution in [3.63, 3.8) is 0 Å². The third kappa shape index (κ3) is 7.71. The van der Waals surface area contributed by atoms with Crippen LogP contribution in [0.1, 0.15) is 40.7 Å². The molecule has 2 aliphatic rings. The molecule has 0 saturated heterocycles. The van der Waals surface area contributed by atoms with Crippen molar-refractivity contribution < 1.29 is 26.4 Å². The van der Waals surface area contributed by atoms with Crippen molar-refractivity contribution in [2.45, 2.75) is 49.6 Å². The van der Waals surface area contributed by atoms with Gasteiger partial charge in [0.05, 0.1) is 10.5 Å². The minimum absolute atomic E-state index is 0.507. The minimum atomic E-state index is -4.68. The Balaban J connectivity index is 0.000000360. The number of carbonyl (C=O) groups excluding carboxylic acids is 1. The van der Waals surface area contributed by atoms with E-state index in [-0.39, 0.29) is 0 Å². The highest BCUT2D eigenvalue weighted by atomic mass is 32.2. The number of fused-ring (bicyclic) bond motifs is 2. The molecule has 5 nitrogen and oxygen atoms in total. The van der Waals surface area contributed by atoms with Gasteiger partial charge in [0.25, 0.3) is 10.0 Å². The first-order valence-corrected chi connectivity index (χ1v) is 13.3. The van der Waals surface area contributed by atoms with E-state index >= 15 is 0 Å². The van der Waals surface area contributed by atoms with Gasteiger partial charge in [-0.15, -0.1) is 0 Å². The first kappa shape index (κ1) is 29.0. The molecule has 39 heavy (non-hydrogen) atoms. The Hall–Kier alpha value is -4.57. The lowest BCUT2D eigenvalue weighted by Gasteiger charge is -2.17. The second-order valence-corrected chi connectivity index (χ2v) is 10.1. The van der Waals surface area contributed by atoms with E-state index in [9.17, 15) is 26.4 Å². The van der Waals surface area contributed by atoms with Crippen molar-refractivity contribution in [3.8, 4) is 0 Å². The van der Waals surface area contributed by atoms with Crippen LogP contribution in [-0.4, -0.2) is 14.4 Å². The normalized spacial score (nSPS) is 12.6. The number of aryl methyl sites for hydroxylation is 2. The standard InChI is InChI=1S/C20H19F3N2O3S.C10H4/c21-20(22,23)14-6-3-7-15(11-14)29(27,28)25-19(26)24-18-16-8-1-4-12(16)10-13-5-2-9-17(13)18;1-3-5-7-9-10-8-6-4-2/h3,6-7,10-11H,1-2,4-5,8-9H2,(H2,24,25,26);1-2H2. The van der Waals surface area contributed by atoms with Gasteiger partial charge in [-0.3, -0.25) is 0 Å². The van der Waals surface area contributed by atoms with Crippen LogP contribution >= 0.6 is 0 Å². The fraction of sp³-hybridized carbons (Fsp3) is 0.233. The van der Waals surface area contributed by atoms with Crippen LogP contribution in [0.5, 0.6) is 0 Å². The molecular formula is C30H23F3N2O3S. The largest absolute Gasteiger partial charge is 0.416 e. The summed E-state index contributed by atoms with van der Waals surface area (Å²) in [5.74, 6) is 0. The van der Waals surface area contributed by atoms with Gasteiger partial charge < -0.3 is 5.32 Å². The van der Waals surface area contributed by atoms with Crippen LogP contribution in [0, 0.1) is 0 Å². The maximum Gasteiger partial charge on any atom is 0.416 e. The summed E-state index contributed by atoms with van der Waals surface area (Å²) < 4.78 is 65.3. The zero-order valence-electron chi connectivity index (χ0n) is 20.8. The molecule has 198 valence electrons. The van der Waals surface area contributed by atoms with E-state index in [0.29, 0.717) is 11.8 Å². The SMILES string of the molecule is C=C=C=C=C=C=C=C=C=C.O=C(Nc1c2c(cc3c1CCC3)CCC2)NS(=O)(=O)c1cccc(C(F)(F)F)c1. The second kappa shape index (κ2) is 12.8. The van der Waals surface area contributed by atoms with E-state index in [1.54, 1.807) is 0 Å². The fourth-order valence-electron chi connectivity index (χ4n) is 4.34. The highest BCUT2D eigenvalue weighted by Gasteiger charge is 2.32. The molecule has 0 saturated carbocycles. The number of hydrogen-bond donors (Lipinski definition) is 2. The van der Waals surface area contributed by atoms with Gasteiger partial charge in [0.15, 0.2) is 0 Å². The van der Waals surface area contributed by atoms with E-state index in [1.807, 2.05) is 4.72 Å². The molecule has 4 rings (SSSR count). The lowest BCUT2D eigenvalue weighted by molar-refractivity contribution is -0.137. The van der Waals surface area contributed by atoms with E-state index in [2.05, 4.69) is 70.4 Å². The van der Waals surface area contributed by atoms with Crippen LogP contribution in [-0.2, 0) is 41.9 Å². The average Bonchev–Trinajstić information content (AvgIpc) is 3.55. The van der Waals surface area contributed by atoms with Gasteiger partial charge in [-0.25, -0.2) is 17.9 Å². The van der Waals surface area contributed by atoms with Crippen LogP contribution in [0.2, 0.25) is 0 Å². The van der Waals surface area contributed by atoms with Crippen LogP contribution < -0.4 is 10.0 Å². The summed E-state index contributed by atoms with van der Waals surface area (Å²) in [6.45, 7) is 6.54. The van der Waals surface area contributed by atoms with Gasteiger partial charge in [0.2, 0.25) is 0 Å². The molecule has 0 heterocycles. The number of alkyl halides is 3. The molecule has 2 aliphatic carbocycles. The maximum atomic E-state index is 12.9. The smallest absolute Gasteiger partial charge is 0.307 e. The van der Waals surface area contributed by atoms with Crippen LogP contribution in [0.25, 0.3) is 0 Å². The average molecular weight is 549 g/mol. The van der Waals surface area contributed by atoms with Gasteiger partial charge in [-0.05, 0) is 127 Å². The molecule has 2 N–H and O–H groups in total. The molecule has 2 aromatic rings. The van der Waals surface area contributed by atoms with Crippen molar-refractivity contribution in [2.75, 3.05) is 5.32 Å². The highest BCUT2D eigenvalue weighted by Crippen LogP contribution is 2.38. The summed E-state index contributed by atoms with van der Waals surface area (Å²) in [5, 5.41) is 2.66. The molecule has 2 amide bonds. The predicted octanol–water partition coefficient (Wildman–Crippen LogP) is 6.24. The maximum absolute atomic E-state index is 12.9. The molecular weight excluding hydrogens is 525 g/mol. The van der Waals surface area contributed by atoms with Gasteiger partial charge in [0, 0.05) is 5.69 Å². The quantitative estimate of drug-likeness (QED) is 0.446. The van der Waals surface area contributed by atoms with Gasteiger partial charge in [-0.2, -0.15) is 13.2 Å². The molecule has 9 heteroatoms. The summed E-state index contributed by atoms with van der Waals surface area (Å²) in [7, 11) is -4.45. The molecule has 0 aliphatic heterocycles. The topological polar surface area (TPSA) is 75.3 Å². The zero-order chi connectivity index (χ0) is 28.5. The monoisotopic (exact) mass is 548 g/mol. The second-order valence-electron chi connectivity index (χ2n) is 8.42. The van der Waals surface area contributed by atoms with Crippen molar-refractivity contribution in [1.29, 1.82) is 0 Å². The molecule has 0 radical (unpaired) electrons. The number of sulfonamides is 1. The molecule has 0 unspecified atom stereocenters. The molecule has 0 atom stereocenters. The first-order valence-electron chi connectivity index (χ1n) is 11.8. The number of benzene rings is 2. The van der Waals surface area contributed by atoms with Gasteiger partial charge >= 0.3 is 12.2 Å². The predicted molar refractivity (Wildman–Crippen MR) is 141 cm³/mol. The Bertz CT molecular complexity index is 1630. The molecule has 0 spiro atoms. The molecule has 0 bridgehead atoms. The lowest BCUT2D eigenvalue weighted by Crippen LogP contribution is -2.35. The van der Waals surface area contributed by atoms with E-state index in [1.165, 1.54) is 11.1 Å².